The molecule has 7 heteroatoms. The first-order chi connectivity index (χ1) is 14.6. The zero-order valence-electron chi connectivity index (χ0n) is 16.8. The van der Waals surface area contributed by atoms with Crippen molar-refractivity contribution >= 4 is 23.3 Å². The smallest absolute Gasteiger partial charge is 0.227 e. The topological polar surface area (TPSA) is 58.6 Å². The largest absolute Gasteiger partial charge is 0.497 e. The van der Waals surface area contributed by atoms with E-state index in [1.807, 2.05) is 65.6 Å². The van der Waals surface area contributed by atoms with Gasteiger partial charge in [0.1, 0.15) is 5.75 Å². The van der Waals surface area contributed by atoms with Crippen LogP contribution in [0.1, 0.15) is 5.56 Å². The van der Waals surface area contributed by atoms with Crippen LogP contribution in [0, 0.1) is 0 Å². The lowest BCUT2D eigenvalue weighted by Crippen LogP contribution is -2.49. The number of amides is 1. The number of piperazine rings is 1. The Bertz CT molecular complexity index is 1000. The first-order valence-electron chi connectivity index (χ1n) is 9.88. The first kappa shape index (κ1) is 20.2. The van der Waals surface area contributed by atoms with Gasteiger partial charge in [-0.25, -0.2) is 0 Å². The minimum absolute atomic E-state index is 0.101. The highest BCUT2D eigenvalue weighted by atomic mass is 35.5. The minimum atomic E-state index is 0.101. The predicted molar refractivity (Wildman–Crippen MR) is 118 cm³/mol. The SMILES string of the molecule is COc1ccc(-c2ccc(N3CCN(C(=O)Cc4ccccc4Cl)CC3)nn2)cc1. The highest BCUT2D eigenvalue weighted by Gasteiger charge is 2.22. The maximum absolute atomic E-state index is 12.6. The molecule has 1 aliphatic heterocycles. The molecule has 4 rings (SSSR count). The number of carbonyl (C=O) groups is 1. The maximum atomic E-state index is 12.6. The monoisotopic (exact) mass is 422 g/mol. The standard InChI is InChI=1S/C23H23ClN4O2/c1-30-19-8-6-17(7-9-19)21-10-11-22(26-25-21)27-12-14-28(15-13-27)23(29)16-18-4-2-3-5-20(18)24/h2-11H,12-16H2,1H3. The molecule has 30 heavy (non-hydrogen) atoms. The maximum Gasteiger partial charge on any atom is 0.227 e. The van der Waals surface area contributed by atoms with Crippen LogP contribution in [0.25, 0.3) is 11.3 Å². The summed E-state index contributed by atoms with van der Waals surface area (Å²) in [5.74, 6) is 1.74. The molecule has 0 atom stereocenters. The molecule has 6 nitrogen and oxygen atoms in total. The Balaban J connectivity index is 1.34. The summed E-state index contributed by atoms with van der Waals surface area (Å²) in [7, 11) is 1.65. The summed E-state index contributed by atoms with van der Waals surface area (Å²) < 4.78 is 5.19. The molecule has 3 aromatic rings. The molecule has 1 amide bonds. The Morgan fingerprint density at radius 3 is 2.33 bits per heavy atom. The van der Waals surface area contributed by atoms with Gasteiger partial charge in [-0.05, 0) is 48.0 Å². The summed E-state index contributed by atoms with van der Waals surface area (Å²) in [5.41, 5.74) is 2.67. The van der Waals surface area contributed by atoms with Gasteiger partial charge in [0.25, 0.3) is 0 Å². The van der Waals surface area contributed by atoms with Gasteiger partial charge in [0, 0.05) is 36.8 Å². The Hall–Kier alpha value is -3.12. The Kier molecular flexibility index (Phi) is 6.14. The van der Waals surface area contributed by atoms with Crippen LogP contribution in [0.2, 0.25) is 5.02 Å². The molecule has 0 radical (unpaired) electrons. The van der Waals surface area contributed by atoms with Gasteiger partial charge in [0.2, 0.25) is 5.91 Å². The van der Waals surface area contributed by atoms with Gasteiger partial charge in [-0.2, -0.15) is 0 Å². The van der Waals surface area contributed by atoms with E-state index in [9.17, 15) is 4.79 Å². The molecule has 2 heterocycles. The number of carbonyl (C=O) groups excluding carboxylic acids is 1. The van der Waals surface area contributed by atoms with E-state index >= 15 is 0 Å². The number of benzene rings is 2. The number of nitrogens with zero attached hydrogens (tertiary/aromatic N) is 4. The average molecular weight is 423 g/mol. The number of halogens is 1. The highest BCUT2D eigenvalue weighted by molar-refractivity contribution is 6.31. The fourth-order valence-electron chi connectivity index (χ4n) is 3.51. The van der Waals surface area contributed by atoms with E-state index in [1.165, 1.54) is 0 Å². The van der Waals surface area contributed by atoms with Crippen molar-refractivity contribution in [1.29, 1.82) is 0 Å². The van der Waals surface area contributed by atoms with Crippen molar-refractivity contribution < 1.29 is 9.53 Å². The quantitative estimate of drug-likeness (QED) is 0.627. The van der Waals surface area contributed by atoms with Crippen LogP contribution in [0.15, 0.2) is 60.7 Å². The second-order valence-corrected chi connectivity index (χ2v) is 7.55. The van der Waals surface area contributed by atoms with Crippen LogP contribution in [0.5, 0.6) is 5.75 Å². The number of rotatable bonds is 5. The van der Waals surface area contributed by atoms with Crippen LogP contribution in [-0.4, -0.2) is 54.3 Å². The fourth-order valence-corrected chi connectivity index (χ4v) is 3.71. The first-order valence-corrected chi connectivity index (χ1v) is 10.3. The third-order valence-electron chi connectivity index (χ3n) is 5.29. The van der Waals surface area contributed by atoms with E-state index in [1.54, 1.807) is 7.11 Å². The lowest BCUT2D eigenvalue weighted by molar-refractivity contribution is -0.130. The molecule has 0 N–H and O–H groups in total. The van der Waals surface area contributed by atoms with Crippen LogP contribution in [0.3, 0.4) is 0 Å². The molecule has 0 unspecified atom stereocenters. The normalized spacial score (nSPS) is 13.9. The molecule has 0 aliphatic carbocycles. The molecule has 1 saturated heterocycles. The lowest BCUT2D eigenvalue weighted by atomic mass is 10.1. The number of ether oxygens (including phenoxy) is 1. The van der Waals surface area contributed by atoms with Crippen molar-refractivity contribution in [2.75, 3.05) is 38.2 Å². The number of hydrogen-bond donors (Lipinski definition) is 0. The van der Waals surface area contributed by atoms with Crippen molar-refractivity contribution in [2.45, 2.75) is 6.42 Å². The average Bonchev–Trinajstić information content (AvgIpc) is 2.81. The molecule has 1 aliphatic rings. The molecule has 0 bridgehead atoms. The summed E-state index contributed by atoms with van der Waals surface area (Å²) in [5, 5.41) is 9.40. The van der Waals surface area contributed by atoms with Gasteiger partial charge in [0.05, 0.1) is 19.2 Å². The van der Waals surface area contributed by atoms with Crippen LogP contribution in [0.4, 0.5) is 5.82 Å². The third kappa shape index (κ3) is 4.54. The van der Waals surface area contributed by atoms with E-state index in [4.69, 9.17) is 16.3 Å². The summed E-state index contributed by atoms with van der Waals surface area (Å²) >= 11 is 6.18. The predicted octanol–water partition coefficient (Wildman–Crippen LogP) is 3.70. The van der Waals surface area contributed by atoms with Gasteiger partial charge in [-0.3, -0.25) is 4.79 Å². The minimum Gasteiger partial charge on any atom is -0.497 e. The zero-order chi connectivity index (χ0) is 20.9. The summed E-state index contributed by atoms with van der Waals surface area (Å²) in [6.45, 7) is 2.77. The molecule has 0 spiro atoms. The second-order valence-electron chi connectivity index (χ2n) is 7.14. The molecule has 1 fully saturated rings. The van der Waals surface area contributed by atoms with Gasteiger partial charge in [0.15, 0.2) is 5.82 Å². The van der Waals surface area contributed by atoms with Crippen molar-refractivity contribution in [3.05, 3.63) is 71.2 Å². The van der Waals surface area contributed by atoms with E-state index in [0.717, 1.165) is 41.5 Å². The van der Waals surface area contributed by atoms with Crippen molar-refractivity contribution in [3.63, 3.8) is 0 Å². The Labute approximate surface area is 181 Å². The van der Waals surface area contributed by atoms with Crippen molar-refractivity contribution in [1.82, 2.24) is 15.1 Å². The van der Waals surface area contributed by atoms with E-state index in [-0.39, 0.29) is 5.91 Å². The molecular weight excluding hydrogens is 400 g/mol. The Morgan fingerprint density at radius 2 is 1.70 bits per heavy atom. The zero-order valence-corrected chi connectivity index (χ0v) is 17.5. The molecular formula is C23H23ClN4O2. The van der Waals surface area contributed by atoms with Crippen molar-refractivity contribution in [2.24, 2.45) is 0 Å². The molecule has 1 aromatic heterocycles. The fraction of sp³-hybridized carbons (Fsp3) is 0.261. The number of methoxy groups -OCH3 is 1. The molecule has 2 aromatic carbocycles. The summed E-state index contributed by atoms with van der Waals surface area (Å²) in [6, 6.07) is 19.2. The molecule has 154 valence electrons. The van der Waals surface area contributed by atoms with Gasteiger partial charge < -0.3 is 14.5 Å². The van der Waals surface area contributed by atoms with E-state index in [0.29, 0.717) is 24.5 Å². The molecule has 0 saturated carbocycles. The highest BCUT2D eigenvalue weighted by Crippen LogP contribution is 2.22. The van der Waals surface area contributed by atoms with Crippen LogP contribution < -0.4 is 9.64 Å². The second kappa shape index (κ2) is 9.13. The lowest BCUT2D eigenvalue weighted by Gasteiger charge is -2.35. The van der Waals surface area contributed by atoms with E-state index < -0.39 is 0 Å². The third-order valence-corrected chi connectivity index (χ3v) is 5.66. The number of anilines is 1. The summed E-state index contributed by atoms with van der Waals surface area (Å²) in [6.07, 6.45) is 0.329. The number of hydrogen-bond acceptors (Lipinski definition) is 5. The van der Waals surface area contributed by atoms with Gasteiger partial charge in [-0.15, -0.1) is 10.2 Å². The number of aromatic nitrogens is 2. The summed E-state index contributed by atoms with van der Waals surface area (Å²) in [4.78, 5) is 16.7. The van der Waals surface area contributed by atoms with Gasteiger partial charge >= 0.3 is 0 Å². The van der Waals surface area contributed by atoms with Gasteiger partial charge in [-0.1, -0.05) is 29.8 Å². The van der Waals surface area contributed by atoms with Crippen molar-refractivity contribution in [3.8, 4) is 17.0 Å². The van der Waals surface area contributed by atoms with E-state index in [2.05, 4.69) is 15.1 Å². The van der Waals surface area contributed by atoms with Crippen LogP contribution in [-0.2, 0) is 11.2 Å². The van der Waals surface area contributed by atoms with Crippen LogP contribution >= 0.6 is 11.6 Å². The Morgan fingerprint density at radius 1 is 0.967 bits per heavy atom.